The van der Waals surface area contributed by atoms with Crippen molar-refractivity contribution in [2.45, 2.75) is 45.1 Å². The summed E-state index contributed by atoms with van der Waals surface area (Å²) in [5.41, 5.74) is 4.82. The van der Waals surface area contributed by atoms with E-state index in [1.807, 2.05) is 0 Å². The van der Waals surface area contributed by atoms with E-state index in [0.717, 1.165) is 6.54 Å². The van der Waals surface area contributed by atoms with Crippen molar-refractivity contribution in [1.82, 2.24) is 4.90 Å². The van der Waals surface area contributed by atoms with Gasteiger partial charge in [0.2, 0.25) is 0 Å². The van der Waals surface area contributed by atoms with E-state index in [-0.39, 0.29) is 0 Å². The standard InChI is InChI=1S/C23H27N/c1-4-10-20(11-5-1)16-22-17-23(14-8-3-9-15-23)19-24(22)18-21-12-6-2-7-13-21/h1-2,4-7,10-13,16H,3,8-9,14-15,17-19H2/b22-16-. The third-order valence-corrected chi connectivity index (χ3v) is 5.75. The van der Waals surface area contributed by atoms with Crippen LogP contribution in [0.2, 0.25) is 0 Å². The average molecular weight is 317 g/mol. The molecule has 1 heteroatoms. The smallest absolute Gasteiger partial charge is 0.0426 e. The molecular weight excluding hydrogens is 290 g/mol. The van der Waals surface area contributed by atoms with Gasteiger partial charge >= 0.3 is 0 Å². The number of hydrogen-bond donors (Lipinski definition) is 0. The average Bonchev–Trinajstić information content (AvgIpc) is 2.94. The second-order valence-corrected chi connectivity index (χ2v) is 7.63. The molecule has 0 amide bonds. The minimum atomic E-state index is 0.535. The predicted octanol–water partition coefficient (Wildman–Crippen LogP) is 5.88. The topological polar surface area (TPSA) is 3.24 Å². The highest BCUT2D eigenvalue weighted by Crippen LogP contribution is 2.48. The van der Waals surface area contributed by atoms with Crippen LogP contribution in [0.3, 0.4) is 0 Å². The molecule has 2 aromatic rings. The molecule has 0 aromatic heterocycles. The van der Waals surface area contributed by atoms with Crippen molar-refractivity contribution in [2.75, 3.05) is 6.54 Å². The fourth-order valence-corrected chi connectivity index (χ4v) is 4.54. The Kier molecular flexibility index (Phi) is 4.42. The molecule has 1 aliphatic carbocycles. The van der Waals surface area contributed by atoms with E-state index in [1.165, 1.54) is 61.9 Å². The summed E-state index contributed by atoms with van der Waals surface area (Å²) in [6.45, 7) is 2.28. The van der Waals surface area contributed by atoms with Crippen molar-refractivity contribution in [3.8, 4) is 0 Å². The molecule has 124 valence electrons. The molecule has 0 atom stereocenters. The molecule has 1 heterocycles. The van der Waals surface area contributed by atoms with Crippen molar-refractivity contribution in [3.63, 3.8) is 0 Å². The highest BCUT2D eigenvalue weighted by Gasteiger charge is 2.41. The van der Waals surface area contributed by atoms with Crippen LogP contribution in [0.4, 0.5) is 0 Å². The second-order valence-electron chi connectivity index (χ2n) is 7.63. The second kappa shape index (κ2) is 6.84. The van der Waals surface area contributed by atoms with E-state index in [9.17, 15) is 0 Å². The van der Waals surface area contributed by atoms with Crippen LogP contribution in [-0.4, -0.2) is 11.4 Å². The Morgan fingerprint density at radius 3 is 2.21 bits per heavy atom. The fraction of sp³-hybridized carbons (Fsp3) is 0.391. The Labute approximate surface area is 146 Å². The molecule has 2 aromatic carbocycles. The zero-order valence-electron chi connectivity index (χ0n) is 14.5. The fourth-order valence-electron chi connectivity index (χ4n) is 4.54. The summed E-state index contributed by atoms with van der Waals surface area (Å²) in [7, 11) is 0. The van der Waals surface area contributed by atoms with Crippen molar-refractivity contribution in [3.05, 3.63) is 77.5 Å². The summed E-state index contributed by atoms with van der Waals surface area (Å²) in [4.78, 5) is 2.65. The summed E-state index contributed by atoms with van der Waals surface area (Å²) in [6, 6.07) is 21.7. The molecule has 0 unspecified atom stereocenters. The molecule has 2 fully saturated rings. The predicted molar refractivity (Wildman–Crippen MR) is 101 cm³/mol. The first-order valence-electron chi connectivity index (χ1n) is 9.38. The summed E-state index contributed by atoms with van der Waals surface area (Å²) < 4.78 is 0. The summed E-state index contributed by atoms with van der Waals surface area (Å²) in [5, 5.41) is 0. The van der Waals surface area contributed by atoms with E-state index in [4.69, 9.17) is 0 Å². The van der Waals surface area contributed by atoms with Gasteiger partial charge in [0, 0.05) is 18.8 Å². The highest BCUT2D eigenvalue weighted by molar-refractivity contribution is 5.53. The lowest BCUT2D eigenvalue weighted by molar-refractivity contribution is 0.185. The summed E-state index contributed by atoms with van der Waals surface area (Å²) in [6.07, 6.45) is 10.8. The van der Waals surface area contributed by atoms with Crippen LogP contribution in [-0.2, 0) is 6.54 Å². The van der Waals surface area contributed by atoms with Crippen LogP contribution in [0.5, 0.6) is 0 Å². The summed E-state index contributed by atoms with van der Waals surface area (Å²) >= 11 is 0. The van der Waals surface area contributed by atoms with E-state index in [0.29, 0.717) is 5.41 Å². The van der Waals surface area contributed by atoms with Crippen molar-refractivity contribution in [2.24, 2.45) is 5.41 Å². The Morgan fingerprint density at radius 1 is 0.833 bits per heavy atom. The van der Waals surface area contributed by atoms with E-state index < -0.39 is 0 Å². The Hall–Kier alpha value is -2.02. The number of allylic oxidation sites excluding steroid dienone is 1. The zero-order chi connectivity index (χ0) is 16.2. The lowest BCUT2D eigenvalue weighted by atomic mass is 9.73. The van der Waals surface area contributed by atoms with Crippen LogP contribution in [0.1, 0.15) is 49.7 Å². The maximum atomic E-state index is 2.65. The van der Waals surface area contributed by atoms with Gasteiger partial charge in [-0.15, -0.1) is 0 Å². The van der Waals surface area contributed by atoms with Crippen molar-refractivity contribution < 1.29 is 0 Å². The van der Waals surface area contributed by atoms with Crippen LogP contribution < -0.4 is 0 Å². The zero-order valence-corrected chi connectivity index (χ0v) is 14.5. The quantitative estimate of drug-likeness (QED) is 0.683. The lowest BCUT2D eigenvalue weighted by Crippen LogP contribution is -2.28. The van der Waals surface area contributed by atoms with E-state index >= 15 is 0 Å². The number of nitrogens with zero attached hydrogens (tertiary/aromatic N) is 1. The van der Waals surface area contributed by atoms with Gasteiger partial charge < -0.3 is 4.90 Å². The number of benzene rings is 2. The third kappa shape index (κ3) is 3.40. The Bertz CT molecular complexity index is 680. The molecule has 2 aliphatic rings. The first kappa shape index (κ1) is 15.5. The summed E-state index contributed by atoms with van der Waals surface area (Å²) in [5.74, 6) is 0. The molecule has 24 heavy (non-hydrogen) atoms. The molecule has 4 rings (SSSR count). The maximum Gasteiger partial charge on any atom is 0.0426 e. The van der Waals surface area contributed by atoms with Gasteiger partial charge in [0.25, 0.3) is 0 Å². The normalized spacial score (nSPS) is 21.5. The van der Waals surface area contributed by atoms with Crippen LogP contribution in [0.15, 0.2) is 66.4 Å². The maximum absolute atomic E-state index is 2.65. The first-order chi connectivity index (χ1) is 11.8. The molecule has 0 radical (unpaired) electrons. The monoisotopic (exact) mass is 317 g/mol. The molecule has 1 spiro atoms. The van der Waals surface area contributed by atoms with Gasteiger partial charge in [-0.1, -0.05) is 79.9 Å². The van der Waals surface area contributed by atoms with Gasteiger partial charge in [-0.3, -0.25) is 0 Å². The molecular formula is C23H27N. The SMILES string of the molecule is C(=C1\CC2(CCCCC2)CN1Cc1ccccc1)/c1ccccc1. The van der Waals surface area contributed by atoms with Gasteiger partial charge in [0.1, 0.15) is 0 Å². The van der Waals surface area contributed by atoms with Crippen LogP contribution in [0.25, 0.3) is 6.08 Å². The minimum absolute atomic E-state index is 0.535. The van der Waals surface area contributed by atoms with Gasteiger partial charge in [-0.25, -0.2) is 0 Å². The molecule has 0 N–H and O–H groups in total. The van der Waals surface area contributed by atoms with Crippen LogP contribution >= 0.6 is 0 Å². The van der Waals surface area contributed by atoms with Crippen molar-refractivity contribution >= 4 is 6.08 Å². The van der Waals surface area contributed by atoms with E-state index in [2.05, 4.69) is 71.6 Å². The highest BCUT2D eigenvalue weighted by atomic mass is 15.2. The molecule has 1 saturated carbocycles. The number of rotatable bonds is 3. The molecule has 0 bridgehead atoms. The largest absolute Gasteiger partial charge is 0.370 e. The van der Waals surface area contributed by atoms with Crippen LogP contribution in [0, 0.1) is 5.41 Å². The van der Waals surface area contributed by atoms with Gasteiger partial charge in [0.05, 0.1) is 0 Å². The van der Waals surface area contributed by atoms with Gasteiger partial charge in [-0.05, 0) is 41.9 Å². The number of hydrogen-bond acceptors (Lipinski definition) is 1. The minimum Gasteiger partial charge on any atom is -0.370 e. The van der Waals surface area contributed by atoms with Crippen molar-refractivity contribution in [1.29, 1.82) is 0 Å². The molecule has 1 saturated heterocycles. The first-order valence-corrected chi connectivity index (χ1v) is 9.38. The van der Waals surface area contributed by atoms with Gasteiger partial charge in [-0.2, -0.15) is 0 Å². The Balaban J connectivity index is 1.61. The lowest BCUT2D eigenvalue weighted by Gasteiger charge is -2.33. The van der Waals surface area contributed by atoms with Gasteiger partial charge in [0.15, 0.2) is 0 Å². The van der Waals surface area contributed by atoms with E-state index in [1.54, 1.807) is 0 Å². The third-order valence-electron chi connectivity index (χ3n) is 5.75. The Morgan fingerprint density at radius 2 is 1.50 bits per heavy atom. The molecule has 1 aliphatic heterocycles. The molecule has 1 nitrogen and oxygen atoms in total. The number of likely N-dealkylation sites (tertiary alicyclic amines) is 1.